The minimum absolute atomic E-state index is 0.0137. The highest BCUT2D eigenvalue weighted by Gasteiger charge is 2.33. The van der Waals surface area contributed by atoms with Gasteiger partial charge in [0.25, 0.3) is 0 Å². The Labute approximate surface area is 156 Å². The van der Waals surface area contributed by atoms with Crippen molar-refractivity contribution in [3.63, 3.8) is 0 Å². The van der Waals surface area contributed by atoms with Gasteiger partial charge in [0.05, 0.1) is 37.5 Å². The molecule has 0 aliphatic carbocycles. The van der Waals surface area contributed by atoms with Gasteiger partial charge in [-0.25, -0.2) is 4.98 Å². The second-order valence-electron chi connectivity index (χ2n) is 6.16. The minimum Gasteiger partial charge on any atom is -0.497 e. The van der Waals surface area contributed by atoms with E-state index in [1.165, 1.54) is 0 Å². The van der Waals surface area contributed by atoms with Gasteiger partial charge in [0.1, 0.15) is 28.7 Å². The molecule has 0 bridgehead atoms. The predicted molar refractivity (Wildman–Crippen MR) is 104 cm³/mol. The van der Waals surface area contributed by atoms with Crippen LogP contribution in [0.4, 0.5) is 5.69 Å². The number of nitrogens with zero attached hydrogens (tertiary/aromatic N) is 2. The average Bonchev–Trinajstić information content (AvgIpc) is 3.27. The Bertz CT molecular complexity index is 999. The number of imidazole rings is 1. The first kappa shape index (κ1) is 17.0. The average molecular weight is 364 g/mol. The first-order valence-corrected chi connectivity index (χ1v) is 8.55. The largest absolute Gasteiger partial charge is 0.497 e. The molecule has 2 aromatic carbocycles. The van der Waals surface area contributed by atoms with Gasteiger partial charge in [-0.2, -0.15) is 0 Å². The molecular weight excluding hydrogens is 344 g/mol. The summed E-state index contributed by atoms with van der Waals surface area (Å²) in [6.07, 6.45) is 0. The summed E-state index contributed by atoms with van der Waals surface area (Å²) >= 11 is 0. The summed E-state index contributed by atoms with van der Waals surface area (Å²) in [6.45, 7) is 0.207. The van der Waals surface area contributed by atoms with Crippen molar-refractivity contribution in [2.24, 2.45) is 0 Å². The molecule has 7 heteroatoms. The van der Waals surface area contributed by atoms with E-state index in [1.807, 2.05) is 41.3 Å². The molecule has 1 aliphatic heterocycles. The highest BCUT2D eigenvalue weighted by Crippen LogP contribution is 2.35. The smallest absolute Gasteiger partial charge is 0.189 e. The van der Waals surface area contributed by atoms with Crippen LogP contribution in [0.2, 0.25) is 0 Å². The third-order valence-electron chi connectivity index (χ3n) is 4.60. The van der Waals surface area contributed by atoms with Crippen molar-refractivity contribution in [1.29, 1.82) is 0 Å². The highest BCUT2D eigenvalue weighted by molar-refractivity contribution is 6.26. The van der Waals surface area contributed by atoms with Crippen LogP contribution in [-0.2, 0) is 4.79 Å². The quantitative estimate of drug-likeness (QED) is 0.724. The number of hydrogen-bond donors (Lipinski definition) is 2. The summed E-state index contributed by atoms with van der Waals surface area (Å²) in [5.74, 6) is 2.55. The summed E-state index contributed by atoms with van der Waals surface area (Å²) in [5, 5.41) is 3.15. The lowest BCUT2D eigenvalue weighted by Crippen LogP contribution is -2.27. The van der Waals surface area contributed by atoms with E-state index in [2.05, 4.69) is 15.3 Å². The summed E-state index contributed by atoms with van der Waals surface area (Å²) in [5.41, 5.74) is 3.06. The van der Waals surface area contributed by atoms with Crippen molar-refractivity contribution in [2.75, 3.05) is 32.7 Å². The highest BCUT2D eigenvalue weighted by atomic mass is 16.5. The molecule has 1 aromatic heterocycles. The molecule has 0 atom stereocenters. The van der Waals surface area contributed by atoms with Gasteiger partial charge >= 0.3 is 0 Å². The van der Waals surface area contributed by atoms with Crippen LogP contribution in [0, 0.1) is 0 Å². The Morgan fingerprint density at radius 1 is 1.11 bits per heavy atom. The van der Waals surface area contributed by atoms with Crippen molar-refractivity contribution in [3.05, 3.63) is 54.1 Å². The summed E-state index contributed by atoms with van der Waals surface area (Å²) in [6, 6.07) is 13.2. The molecule has 0 spiro atoms. The topological polar surface area (TPSA) is 79.5 Å². The fourth-order valence-corrected chi connectivity index (χ4v) is 3.31. The van der Waals surface area contributed by atoms with Crippen LogP contribution < -0.4 is 19.7 Å². The number of Topliss-reactive ketones (excluding diaryl/α,β-unsaturated/α-hetero) is 1. The molecular formula is C20H20N4O3. The molecule has 27 heavy (non-hydrogen) atoms. The van der Waals surface area contributed by atoms with Gasteiger partial charge in [0.2, 0.25) is 0 Å². The van der Waals surface area contributed by atoms with Crippen molar-refractivity contribution < 1.29 is 14.3 Å². The molecule has 2 heterocycles. The number of nitrogens with one attached hydrogen (secondary N) is 2. The van der Waals surface area contributed by atoms with Gasteiger partial charge in [-0.15, -0.1) is 0 Å². The van der Waals surface area contributed by atoms with Crippen molar-refractivity contribution in [2.45, 2.75) is 0 Å². The van der Waals surface area contributed by atoms with Crippen LogP contribution >= 0.6 is 0 Å². The third kappa shape index (κ3) is 2.87. The first-order valence-electron chi connectivity index (χ1n) is 8.55. The zero-order valence-electron chi connectivity index (χ0n) is 15.4. The van der Waals surface area contributed by atoms with Gasteiger partial charge in [-0.3, -0.25) is 4.79 Å². The van der Waals surface area contributed by atoms with Crippen LogP contribution in [0.1, 0.15) is 5.82 Å². The Morgan fingerprint density at radius 2 is 1.81 bits per heavy atom. The molecule has 138 valence electrons. The Hall–Kier alpha value is -3.48. The van der Waals surface area contributed by atoms with E-state index in [0.717, 1.165) is 16.7 Å². The van der Waals surface area contributed by atoms with E-state index >= 15 is 0 Å². The normalized spacial score (nSPS) is 14.2. The maximum absolute atomic E-state index is 12.9. The number of carbonyl (C=O) groups excluding carboxylic acids is 1. The second-order valence-corrected chi connectivity index (χ2v) is 6.16. The van der Waals surface area contributed by atoms with Crippen LogP contribution in [0.15, 0.2) is 48.3 Å². The number of anilines is 1. The number of H-pyrrole nitrogens is 1. The lowest BCUT2D eigenvalue weighted by molar-refractivity contribution is -0.112. The van der Waals surface area contributed by atoms with Crippen molar-refractivity contribution in [3.8, 4) is 11.5 Å². The number of aromatic nitrogens is 2. The molecule has 3 aromatic rings. The maximum Gasteiger partial charge on any atom is 0.189 e. The van der Waals surface area contributed by atoms with Crippen LogP contribution in [0.25, 0.3) is 16.6 Å². The van der Waals surface area contributed by atoms with Crippen LogP contribution in [0.3, 0.4) is 0 Å². The number of hydrogen-bond acceptors (Lipinski definition) is 6. The SMILES string of the molecule is CNC1=C(c2nc3ccccc3[nH]2)C(=O)CN1c1cc(OC)cc(OC)c1. The fraction of sp³-hybridized carbons (Fsp3) is 0.200. The number of benzene rings is 2. The predicted octanol–water partition coefficient (Wildman–Crippen LogP) is 2.56. The number of methoxy groups -OCH3 is 2. The molecule has 0 amide bonds. The maximum atomic E-state index is 12.9. The van der Waals surface area contributed by atoms with Crippen molar-refractivity contribution >= 4 is 28.1 Å². The molecule has 0 saturated carbocycles. The summed E-state index contributed by atoms with van der Waals surface area (Å²) < 4.78 is 10.7. The van der Waals surface area contributed by atoms with E-state index < -0.39 is 0 Å². The zero-order valence-corrected chi connectivity index (χ0v) is 15.4. The standard InChI is InChI=1S/C20H20N4O3/c1-21-20-18(19-22-15-6-4-5-7-16(15)23-19)17(25)11-24(20)12-8-13(26-2)10-14(9-12)27-3/h4-10,21H,11H2,1-3H3,(H,22,23). The molecule has 0 radical (unpaired) electrons. The Morgan fingerprint density at radius 3 is 2.44 bits per heavy atom. The minimum atomic E-state index is -0.0137. The van der Waals surface area contributed by atoms with E-state index in [0.29, 0.717) is 28.7 Å². The van der Waals surface area contributed by atoms with Crippen LogP contribution in [0.5, 0.6) is 11.5 Å². The van der Waals surface area contributed by atoms with Gasteiger partial charge in [0.15, 0.2) is 5.78 Å². The first-order chi connectivity index (χ1) is 13.1. The summed E-state index contributed by atoms with van der Waals surface area (Å²) in [7, 11) is 4.99. The number of aromatic amines is 1. The van der Waals surface area contributed by atoms with E-state index in [1.54, 1.807) is 27.3 Å². The number of ketones is 1. The number of carbonyl (C=O) groups is 1. The van der Waals surface area contributed by atoms with Gasteiger partial charge in [-0.05, 0) is 12.1 Å². The van der Waals surface area contributed by atoms with Gasteiger partial charge in [0, 0.05) is 25.2 Å². The number of para-hydroxylation sites is 2. The number of ether oxygens (including phenoxy) is 2. The number of rotatable bonds is 5. The van der Waals surface area contributed by atoms with Crippen molar-refractivity contribution in [1.82, 2.24) is 15.3 Å². The molecule has 1 aliphatic rings. The molecule has 0 fully saturated rings. The number of fused-ring (bicyclic) bond motifs is 1. The molecule has 2 N–H and O–H groups in total. The van der Waals surface area contributed by atoms with Crippen LogP contribution in [-0.4, -0.2) is 43.6 Å². The summed E-state index contributed by atoms with van der Waals surface area (Å²) in [4.78, 5) is 22.6. The lowest BCUT2D eigenvalue weighted by atomic mass is 10.2. The lowest BCUT2D eigenvalue weighted by Gasteiger charge is -2.22. The fourth-order valence-electron chi connectivity index (χ4n) is 3.31. The van der Waals surface area contributed by atoms with E-state index in [4.69, 9.17) is 9.47 Å². The Kier molecular flexibility index (Phi) is 4.19. The van der Waals surface area contributed by atoms with Gasteiger partial charge in [-0.1, -0.05) is 12.1 Å². The molecule has 0 saturated heterocycles. The molecule has 4 rings (SSSR count). The second kappa shape index (κ2) is 6.68. The molecule has 0 unspecified atom stereocenters. The van der Waals surface area contributed by atoms with Gasteiger partial charge < -0.3 is 24.7 Å². The van der Waals surface area contributed by atoms with E-state index in [9.17, 15) is 4.79 Å². The van der Waals surface area contributed by atoms with E-state index in [-0.39, 0.29) is 12.3 Å². The zero-order chi connectivity index (χ0) is 19.0. The third-order valence-corrected chi connectivity index (χ3v) is 4.60. The monoisotopic (exact) mass is 364 g/mol. The molecule has 7 nitrogen and oxygen atoms in total. The Balaban J connectivity index is 1.83.